The zero-order chi connectivity index (χ0) is 15.0. The van der Waals surface area contributed by atoms with Gasteiger partial charge in [-0.3, -0.25) is 0 Å². The number of benzene rings is 2. The third kappa shape index (κ3) is 4.58. The lowest BCUT2D eigenvalue weighted by Gasteiger charge is -1.97. The Morgan fingerprint density at radius 1 is 1.05 bits per heavy atom. The van der Waals surface area contributed by atoms with E-state index in [0.29, 0.717) is 11.1 Å². The highest BCUT2D eigenvalue weighted by atomic mass is 16.4. The van der Waals surface area contributed by atoms with Crippen LogP contribution >= 0.6 is 0 Å². The molecule has 5 N–H and O–H groups in total. The molecule has 0 aromatic heterocycles. The SMILES string of the molecule is N#Cc1cccc(O)c1.NC(=NO)c1cccc(O)c1. The summed E-state index contributed by atoms with van der Waals surface area (Å²) in [6.07, 6.45) is 0. The predicted octanol–water partition coefficient (Wildman–Crippen LogP) is 1.75. The molecule has 0 aliphatic heterocycles. The molecule has 0 bridgehead atoms. The molecule has 0 atom stereocenters. The van der Waals surface area contributed by atoms with Gasteiger partial charge in [-0.15, -0.1) is 0 Å². The normalized spacial score (nSPS) is 10.1. The van der Waals surface area contributed by atoms with Crippen molar-refractivity contribution in [3.05, 3.63) is 59.7 Å². The van der Waals surface area contributed by atoms with Crippen LogP contribution in [0.2, 0.25) is 0 Å². The summed E-state index contributed by atoms with van der Waals surface area (Å²) < 4.78 is 0. The third-order valence-electron chi connectivity index (χ3n) is 2.22. The van der Waals surface area contributed by atoms with Gasteiger partial charge in [-0.1, -0.05) is 23.4 Å². The number of aromatic hydroxyl groups is 2. The van der Waals surface area contributed by atoms with Gasteiger partial charge < -0.3 is 21.2 Å². The number of oxime groups is 1. The van der Waals surface area contributed by atoms with Crippen molar-refractivity contribution in [3.8, 4) is 17.6 Å². The number of amidine groups is 1. The summed E-state index contributed by atoms with van der Waals surface area (Å²) >= 11 is 0. The van der Waals surface area contributed by atoms with Crippen LogP contribution in [0.4, 0.5) is 0 Å². The minimum atomic E-state index is -0.0131. The van der Waals surface area contributed by atoms with Crippen molar-refractivity contribution in [2.45, 2.75) is 0 Å². The summed E-state index contributed by atoms with van der Waals surface area (Å²) in [6, 6.07) is 14.3. The van der Waals surface area contributed by atoms with E-state index in [2.05, 4.69) is 5.16 Å². The fraction of sp³-hybridized carbons (Fsp3) is 0. The number of nitriles is 1. The molecule has 0 fully saturated rings. The average molecular weight is 271 g/mol. The molecule has 0 heterocycles. The van der Waals surface area contributed by atoms with Crippen molar-refractivity contribution in [2.24, 2.45) is 10.9 Å². The molecule has 0 amide bonds. The summed E-state index contributed by atoms with van der Waals surface area (Å²) in [7, 11) is 0. The Morgan fingerprint density at radius 2 is 1.65 bits per heavy atom. The van der Waals surface area contributed by atoms with Crippen LogP contribution in [0.15, 0.2) is 53.7 Å². The van der Waals surface area contributed by atoms with Crippen LogP contribution in [-0.2, 0) is 0 Å². The predicted molar refractivity (Wildman–Crippen MR) is 73.4 cm³/mol. The number of phenolic OH excluding ortho intramolecular Hbond substituents is 2. The molecule has 2 aromatic carbocycles. The van der Waals surface area contributed by atoms with Gasteiger partial charge in [-0.25, -0.2) is 0 Å². The lowest BCUT2D eigenvalue weighted by Crippen LogP contribution is -2.12. The number of rotatable bonds is 1. The Hall–Kier alpha value is -3.20. The Morgan fingerprint density at radius 3 is 2.10 bits per heavy atom. The molecule has 0 aliphatic carbocycles. The van der Waals surface area contributed by atoms with Crippen LogP contribution in [0.1, 0.15) is 11.1 Å². The topological polar surface area (TPSA) is 123 Å². The second-order valence-electron chi connectivity index (χ2n) is 3.70. The molecule has 6 heteroatoms. The highest BCUT2D eigenvalue weighted by Gasteiger charge is 1.97. The maximum atomic E-state index is 8.97. The average Bonchev–Trinajstić information content (AvgIpc) is 2.47. The Kier molecular flexibility index (Phi) is 5.41. The summed E-state index contributed by atoms with van der Waals surface area (Å²) in [4.78, 5) is 0. The van der Waals surface area contributed by atoms with Crippen molar-refractivity contribution in [1.82, 2.24) is 0 Å². The minimum Gasteiger partial charge on any atom is -0.508 e. The van der Waals surface area contributed by atoms with E-state index in [4.69, 9.17) is 26.4 Å². The second-order valence-corrected chi connectivity index (χ2v) is 3.70. The van der Waals surface area contributed by atoms with Crippen molar-refractivity contribution in [2.75, 3.05) is 0 Å². The molecule has 102 valence electrons. The summed E-state index contributed by atoms with van der Waals surface area (Å²) in [6.45, 7) is 0. The van der Waals surface area contributed by atoms with Gasteiger partial charge in [0.05, 0.1) is 11.6 Å². The van der Waals surface area contributed by atoms with Gasteiger partial charge in [0.1, 0.15) is 11.5 Å². The maximum Gasteiger partial charge on any atom is 0.170 e. The van der Waals surface area contributed by atoms with Gasteiger partial charge in [0, 0.05) is 5.56 Å². The summed E-state index contributed by atoms with van der Waals surface area (Å²) in [5.74, 6) is 0.212. The monoisotopic (exact) mass is 271 g/mol. The largest absolute Gasteiger partial charge is 0.508 e. The maximum absolute atomic E-state index is 8.97. The first-order valence-electron chi connectivity index (χ1n) is 5.53. The first-order valence-corrected chi connectivity index (χ1v) is 5.53. The van der Waals surface area contributed by atoms with E-state index in [1.165, 1.54) is 24.3 Å². The standard InChI is InChI=1S/C7H8N2O2.C7H5NO/c8-7(9-11)5-2-1-3-6(10)4-5;8-5-6-2-1-3-7(9)4-6/h1-4,10-11H,(H2,8,9);1-4,9H. The molecule has 0 aliphatic rings. The van der Waals surface area contributed by atoms with E-state index < -0.39 is 0 Å². The smallest absolute Gasteiger partial charge is 0.170 e. The van der Waals surface area contributed by atoms with Gasteiger partial charge in [0.2, 0.25) is 0 Å². The zero-order valence-corrected chi connectivity index (χ0v) is 10.4. The van der Waals surface area contributed by atoms with Gasteiger partial charge in [-0.2, -0.15) is 5.26 Å². The van der Waals surface area contributed by atoms with Gasteiger partial charge in [0.15, 0.2) is 5.84 Å². The van der Waals surface area contributed by atoms with Crippen LogP contribution in [0.25, 0.3) is 0 Å². The Balaban J connectivity index is 0.000000204. The molecule has 0 spiro atoms. The van der Waals surface area contributed by atoms with E-state index in [-0.39, 0.29) is 17.3 Å². The molecule has 2 rings (SSSR count). The fourth-order valence-corrected chi connectivity index (χ4v) is 1.30. The summed E-state index contributed by atoms with van der Waals surface area (Å²) in [5.41, 5.74) is 6.23. The molecule has 20 heavy (non-hydrogen) atoms. The van der Waals surface area contributed by atoms with Crippen LogP contribution in [0, 0.1) is 11.3 Å². The van der Waals surface area contributed by atoms with Gasteiger partial charge in [-0.05, 0) is 30.3 Å². The van der Waals surface area contributed by atoms with Crippen molar-refractivity contribution < 1.29 is 15.4 Å². The molecule has 0 radical (unpaired) electrons. The number of hydrogen-bond acceptors (Lipinski definition) is 5. The number of nitrogens with two attached hydrogens (primary N) is 1. The van der Waals surface area contributed by atoms with E-state index >= 15 is 0 Å². The lowest BCUT2D eigenvalue weighted by molar-refractivity contribution is 0.318. The number of hydrogen-bond donors (Lipinski definition) is 4. The van der Waals surface area contributed by atoms with Crippen molar-refractivity contribution in [3.63, 3.8) is 0 Å². The van der Waals surface area contributed by atoms with Gasteiger partial charge >= 0.3 is 0 Å². The van der Waals surface area contributed by atoms with E-state index in [1.54, 1.807) is 24.3 Å². The molecule has 0 saturated heterocycles. The lowest BCUT2D eigenvalue weighted by atomic mass is 10.2. The van der Waals surface area contributed by atoms with Crippen molar-refractivity contribution in [1.29, 1.82) is 5.26 Å². The molecule has 6 nitrogen and oxygen atoms in total. The molecular weight excluding hydrogens is 258 g/mol. The van der Waals surface area contributed by atoms with E-state index in [9.17, 15) is 0 Å². The van der Waals surface area contributed by atoms with Gasteiger partial charge in [0.25, 0.3) is 0 Å². The molecule has 0 saturated carbocycles. The van der Waals surface area contributed by atoms with E-state index in [0.717, 1.165) is 0 Å². The molecule has 0 unspecified atom stereocenters. The van der Waals surface area contributed by atoms with Crippen LogP contribution < -0.4 is 5.73 Å². The molecule has 2 aromatic rings. The highest BCUT2D eigenvalue weighted by Crippen LogP contribution is 2.10. The Labute approximate surface area is 115 Å². The highest BCUT2D eigenvalue weighted by molar-refractivity contribution is 5.97. The number of nitrogens with zero attached hydrogens (tertiary/aromatic N) is 2. The molecular formula is C14H13N3O3. The zero-order valence-electron chi connectivity index (χ0n) is 10.4. The van der Waals surface area contributed by atoms with Crippen LogP contribution in [0.3, 0.4) is 0 Å². The first-order chi connectivity index (χ1) is 9.56. The first kappa shape index (κ1) is 14.9. The van der Waals surface area contributed by atoms with E-state index in [1.807, 2.05) is 6.07 Å². The van der Waals surface area contributed by atoms with Crippen molar-refractivity contribution >= 4 is 5.84 Å². The van der Waals surface area contributed by atoms with Crippen LogP contribution in [0.5, 0.6) is 11.5 Å². The Bertz CT molecular complexity index is 648. The number of phenols is 2. The second kappa shape index (κ2) is 7.28. The van der Waals surface area contributed by atoms with Crippen LogP contribution in [-0.4, -0.2) is 21.3 Å². The minimum absolute atomic E-state index is 0.0131. The summed E-state index contributed by atoms with van der Waals surface area (Å²) in [5, 5.41) is 37.1. The third-order valence-corrected chi connectivity index (χ3v) is 2.22. The fourth-order valence-electron chi connectivity index (χ4n) is 1.30. The quantitative estimate of drug-likeness (QED) is 0.272.